The van der Waals surface area contributed by atoms with Crippen molar-refractivity contribution in [2.75, 3.05) is 12.8 Å². The zero-order chi connectivity index (χ0) is 15.6. The van der Waals surface area contributed by atoms with Crippen molar-refractivity contribution in [3.63, 3.8) is 0 Å². The van der Waals surface area contributed by atoms with Crippen LogP contribution in [0.25, 0.3) is 0 Å². The van der Waals surface area contributed by atoms with Crippen LogP contribution in [0.3, 0.4) is 0 Å². The zero-order valence-corrected chi connectivity index (χ0v) is 14.3. The van der Waals surface area contributed by atoms with E-state index in [2.05, 4.69) is 18.8 Å². The molecule has 0 saturated heterocycles. The van der Waals surface area contributed by atoms with E-state index in [0.29, 0.717) is 27.5 Å². The minimum atomic E-state index is 0.311. The first-order valence-electron chi connectivity index (χ1n) is 6.38. The first kappa shape index (κ1) is 16.3. The van der Waals surface area contributed by atoms with E-state index in [4.69, 9.17) is 33.7 Å². The highest BCUT2D eigenvalue weighted by Crippen LogP contribution is 2.41. The lowest BCUT2D eigenvalue weighted by molar-refractivity contribution is 0.389. The van der Waals surface area contributed by atoms with Crippen LogP contribution in [0.4, 0.5) is 5.69 Å². The summed E-state index contributed by atoms with van der Waals surface area (Å²) in [4.78, 5) is 6.06. The summed E-state index contributed by atoms with van der Waals surface area (Å²) in [6, 6.07) is 5.43. The molecule has 0 aliphatic heterocycles. The summed E-state index contributed by atoms with van der Waals surface area (Å²) in [5.41, 5.74) is 7.31. The maximum Gasteiger partial charge on any atom is 0.216 e. The second-order valence-electron chi connectivity index (χ2n) is 4.84. The fourth-order valence-corrected chi connectivity index (χ4v) is 3.46. The lowest BCUT2D eigenvalue weighted by Gasteiger charge is -2.13. The Balaban J connectivity index is 2.39. The molecule has 0 aliphatic carbocycles. The smallest absolute Gasteiger partial charge is 0.216 e. The lowest BCUT2D eigenvalue weighted by Crippen LogP contribution is -1.97. The molecule has 112 valence electrons. The largest absolute Gasteiger partial charge is 0.481 e. The van der Waals surface area contributed by atoms with Gasteiger partial charge in [0.1, 0.15) is 0 Å². The van der Waals surface area contributed by atoms with Crippen LogP contribution in [-0.4, -0.2) is 12.1 Å². The Bertz CT molecular complexity index is 639. The molecule has 0 unspecified atom stereocenters. The molecule has 2 rings (SSSR count). The molecule has 3 nitrogen and oxygen atoms in total. The molecular formula is C15H16Cl2N2OS. The number of halogens is 2. The number of pyridine rings is 1. The van der Waals surface area contributed by atoms with Crippen molar-refractivity contribution in [1.82, 2.24) is 4.98 Å². The Morgan fingerprint density at radius 3 is 2.33 bits per heavy atom. The highest BCUT2D eigenvalue weighted by molar-refractivity contribution is 7.99. The van der Waals surface area contributed by atoms with Gasteiger partial charge in [0.05, 0.1) is 17.2 Å². The van der Waals surface area contributed by atoms with Gasteiger partial charge >= 0.3 is 0 Å². The molecule has 0 fully saturated rings. The van der Waals surface area contributed by atoms with Crippen LogP contribution in [0.1, 0.15) is 25.3 Å². The van der Waals surface area contributed by atoms with Gasteiger partial charge < -0.3 is 10.5 Å². The van der Waals surface area contributed by atoms with Gasteiger partial charge in [0.25, 0.3) is 0 Å². The van der Waals surface area contributed by atoms with E-state index >= 15 is 0 Å². The number of methoxy groups -OCH3 is 1. The molecule has 0 bridgehead atoms. The fourth-order valence-electron chi connectivity index (χ4n) is 1.88. The number of ether oxygens (including phenoxy) is 1. The van der Waals surface area contributed by atoms with Gasteiger partial charge in [0.2, 0.25) is 5.88 Å². The van der Waals surface area contributed by atoms with Gasteiger partial charge in [-0.05, 0) is 24.1 Å². The number of nitrogens with zero attached hydrogens (tertiary/aromatic N) is 1. The Morgan fingerprint density at radius 1 is 1.19 bits per heavy atom. The molecule has 1 aromatic heterocycles. The minimum Gasteiger partial charge on any atom is -0.481 e. The van der Waals surface area contributed by atoms with Gasteiger partial charge in [0, 0.05) is 27.2 Å². The molecule has 0 saturated carbocycles. The number of hydrogen-bond acceptors (Lipinski definition) is 4. The van der Waals surface area contributed by atoms with E-state index in [9.17, 15) is 0 Å². The monoisotopic (exact) mass is 342 g/mol. The fraction of sp³-hybridized carbons (Fsp3) is 0.267. The van der Waals surface area contributed by atoms with Crippen molar-refractivity contribution in [3.05, 3.63) is 40.0 Å². The van der Waals surface area contributed by atoms with Gasteiger partial charge in [-0.2, -0.15) is 0 Å². The van der Waals surface area contributed by atoms with Crippen LogP contribution in [0.5, 0.6) is 5.88 Å². The SMILES string of the molecule is COc1ncc(Sc2c(Cl)cc(N)cc2Cl)cc1C(C)C. The number of nitrogen functional groups attached to an aromatic ring is 1. The van der Waals surface area contributed by atoms with Crippen LogP contribution < -0.4 is 10.5 Å². The maximum absolute atomic E-state index is 6.22. The molecule has 0 radical (unpaired) electrons. The standard InChI is InChI=1S/C15H16Cl2N2OS/c1-8(2)11-6-10(7-19-15(11)20-3)21-14-12(16)4-9(18)5-13(14)17/h4-8H,18H2,1-3H3. The number of hydrogen-bond donors (Lipinski definition) is 1. The molecule has 0 spiro atoms. The molecule has 0 aliphatic rings. The van der Waals surface area contributed by atoms with Gasteiger partial charge in [-0.25, -0.2) is 4.98 Å². The minimum absolute atomic E-state index is 0.311. The van der Waals surface area contributed by atoms with Crippen molar-refractivity contribution in [2.24, 2.45) is 0 Å². The molecule has 6 heteroatoms. The topological polar surface area (TPSA) is 48.1 Å². The lowest BCUT2D eigenvalue weighted by atomic mass is 10.1. The predicted molar refractivity (Wildman–Crippen MR) is 89.9 cm³/mol. The Kier molecular flexibility index (Phi) is 5.25. The summed E-state index contributed by atoms with van der Waals surface area (Å²) in [6.45, 7) is 4.19. The molecule has 1 heterocycles. The number of rotatable bonds is 4. The average Bonchev–Trinajstić information content (AvgIpc) is 2.42. The molecule has 0 atom stereocenters. The van der Waals surface area contributed by atoms with Crippen LogP contribution in [0, 0.1) is 0 Å². The van der Waals surface area contributed by atoms with Crippen LogP contribution in [0.15, 0.2) is 34.2 Å². The number of anilines is 1. The second kappa shape index (κ2) is 6.77. The molecule has 2 aromatic rings. The average molecular weight is 343 g/mol. The summed E-state index contributed by atoms with van der Waals surface area (Å²) >= 11 is 13.9. The number of nitrogens with two attached hydrogens (primary N) is 1. The van der Waals surface area contributed by atoms with Gasteiger partial charge in [-0.3, -0.25) is 0 Å². The van der Waals surface area contributed by atoms with Crippen molar-refractivity contribution in [2.45, 2.75) is 29.6 Å². The zero-order valence-electron chi connectivity index (χ0n) is 12.0. The second-order valence-corrected chi connectivity index (χ2v) is 6.74. The quantitative estimate of drug-likeness (QED) is 0.770. The molecule has 2 N–H and O–H groups in total. The van der Waals surface area contributed by atoms with E-state index in [0.717, 1.165) is 15.4 Å². The van der Waals surface area contributed by atoms with Gasteiger partial charge in [0.15, 0.2) is 0 Å². The number of aromatic nitrogens is 1. The predicted octanol–water partition coefficient (Wildman–Crippen LogP) is 5.25. The van der Waals surface area contributed by atoms with Gasteiger partial charge in [-0.15, -0.1) is 0 Å². The summed E-state index contributed by atoms with van der Waals surface area (Å²) < 4.78 is 5.29. The number of benzene rings is 1. The summed E-state index contributed by atoms with van der Waals surface area (Å²) in [6.07, 6.45) is 1.75. The molecule has 1 aromatic carbocycles. The first-order valence-corrected chi connectivity index (χ1v) is 7.96. The third-order valence-electron chi connectivity index (χ3n) is 2.91. The van der Waals surface area contributed by atoms with Crippen LogP contribution in [-0.2, 0) is 0 Å². The Morgan fingerprint density at radius 2 is 1.81 bits per heavy atom. The third kappa shape index (κ3) is 3.76. The van der Waals surface area contributed by atoms with Crippen LogP contribution in [0.2, 0.25) is 10.0 Å². The molecule has 0 amide bonds. The van der Waals surface area contributed by atoms with Gasteiger partial charge in [-0.1, -0.05) is 48.8 Å². The van der Waals surface area contributed by atoms with Crippen molar-refractivity contribution < 1.29 is 4.74 Å². The summed E-state index contributed by atoms with van der Waals surface area (Å²) in [5, 5.41) is 1.07. The first-order chi connectivity index (χ1) is 9.92. The maximum atomic E-state index is 6.22. The van der Waals surface area contributed by atoms with E-state index < -0.39 is 0 Å². The normalized spacial score (nSPS) is 11.0. The summed E-state index contributed by atoms with van der Waals surface area (Å²) in [5.74, 6) is 0.953. The van der Waals surface area contributed by atoms with E-state index in [-0.39, 0.29) is 0 Å². The Labute approximate surface area is 138 Å². The molecule has 21 heavy (non-hydrogen) atoms. The highest BCUT2D eigenvalue weighted by Gasteiger charge is 2.13. The van der Waals surface area contributed by atoms with E-state index in [1.807, 2.05) is 6.07 Å². The summed E-state index contributed by atoms with van der Waals surface area (Å²) in [7, 11) is 1.62. The van der Waals surface area contributed by atoms with E-state index in [1.54, 1.807) is 25.4 Å². The highest BCUT2D eigenvalue weighted by atomic mass is 35.5. The molecular weight excluding hydrogens is 327 g/mol. The van der Waals surface area contributed by atoms with E-state index in [1.165, 1.54) is 11.8 Å². The van der Waals surface area contributed by atoms with Crippen LogP contribution >= 0.6 is 35.0 Å². The van der Waals surface area contributed by atoms with Crippen molar-refractivity contribution in [3.8, 4) is 5.88 Å². The van der Waals surface area contributed by atoms with Crippen molar-refractivity contribution >= 4 is 40.7 Å². The third-order valence-corrected chi connectivity index (χ3v) is 4.83. The Hall–Kier alpha value is -1.10. The van der Waals surface area contributed by atoms with Crippen molar-refractivity contribution in [1.29, 1.82) is 0 Å².